The van der Waals surface area contributed by atoms with Crippen molar-refractivity contribution in [2.24, 2.45) is 0 Å². The Morgan fingerprint density at radius 1 is 1.22 bits per heavy atom. The average molecular weight is 341 g/mol. The summed E-state index contributed by atoms with van der Waals surface area (Å²) in [6.45, 7) is 2.06. The van der Waals surface area contributed by atoms with Crippen LogP contribution in [0.1, 0.15) is 11.1 Å². The molecule has 0 aliphatic carbocycles. The van der Waals surface area contributed by atoms with E-state index >= 15 is 0 Å². The van der Waals surface area contributed by atoms with Crippen LogP contribution < -0.4 is 10.1 Å². The molecule has 0 radical (unpaired) electrons. The molecule has 5 heteroatoms. The van der Waals surface area contributed by atoms with Gasteiger partial charge in [0.25, 0.3) is 5.91 Å². The third-order valence-electron chi connectivity index (χ3n) is 3.49. The average Bonchev–Trinajstić information content (AvgIpc) is 2.85. The zero-order valence-corrected chi connectivity index (χ0v) is 14.4. The van der Waals surface area contributed by atoms with Gasteiger partial charge in [-0.05, 0) is 36.3 Å². The van der Waals surface area contributed by atoms with Gasteiger partial charge in [0.2, 0.25) is 0 Å². The van der Waals surface area contributed by atoms with Gasteiger partial charge >= 0.3 is 0 Å². The Balaban J connectivity index is 2.05. The van der Waals surface area contributed by atoms with Crippen molar-refractivity contribution in [1.82, 2.24) is 5.32 Å². The van der Waals surface area contributed by atoms with E-state index in [1.807, 2.05) is 36.4 Å². The highest BCUT2D eigenvalue weighted by atomic mass is 32.2. The molecule has 1 heterocycles. The lowest BCUT2D eigenvalue weighted by molar-refractivity contribution is -0.115. The van der Waals surface area contributed by atoms with Gasteiger partial charge in [-0.15, -0.1) is 0 Å². The fourth-order valence-electron chi connectivity index (χ4n) is 2.43. The molecule has 1 aliphatic rings. The van der Waals surface area contributed by atoms with E-state index in [-0.39, 0.29) is 5.91 Å². The number of hydrogen-bond donors (Lipinski definition) is 1. The normalized spacial score (nSPS) is 15.8. The second-order valence-corrected chi connectivity index (χ2v) is 6.90. The van der Waals surface area contributed by atoms with E-state index in [0.29, 0.717) is 9.23 Å². The fraction of sp³-hybridized carbons (Fsp3) is 0.111. The van der Waals surface area contributed by atoms with Gasteiger partial charge in [0.05, 0.1) is 12.0 Å². The van der Waals surface area contributed by atoms with Gasteiger partial charge in [-0.2, -0.15) is 0 Å². The van der Waals surface area contributed by atoms with Crippen LogP contribution in [0.2, 0.25) is 0 Å². The number of aryl methyl sites for hydroxylation is 1. The standard InChI is InChI=1S/C18H15NO2S2/c1-11-4-3-5-13(8-11)14-9-12(6-7-15(14)21-2)10-16-17(20)19-18(22)23-16/h3-10H,1-2H3,(H,19,20,22). The topological polar surface area (TPSA) is 38.3 Å². The summed E-state index contributed by atoms with van der Waals surface area (Å²) in [5.74, 6) is 0.657. The summed E-state index contributed by atoms with van der Waals surface area (Å²) < 4.78 is 5.97. The molecule has 3 nitrogen and oxygen atoms in total. The van der Waals surface area contributed by atoms with Crippen molar-refractivity contribution in [3.05, 3.63) is 58.5 Å². The summed E-state index contributed by atoms with van der Waals surface area (Å²) >= 11 is 6.30. The Morgan fingerprint density at radius 3 is 2.70 bits per heavy atom. The first-order chi connectivity index (χ1) is 11.1. The van der Waals surface area contributed by atoms with Crippen molar-refractivity contribution in [2.45, 2.75) is 6.92 Å². The third kappa shape index (κ3) is 3.46. The highest BCUT2D eigenvalue weighted by Gasteiger charge is 2.22. The second kappa shape index (κ2) is 6.56. The van der Waals surface area contributed by atoms with Crippen molar-refractivity contribution in [3.63, 3.8) is 0 Å². The van der Waals surface area contributed by atoms with Gasteiger partial charge < -0.3 is 10.1 Å². The molecule has 23 heavy (non-hydrogen) atoms. The molecule has 0 spiro atoms. The van der Waals surface area contributed by atoms with E-state index < -0.39 is 0 Å². The fourth-order valence-corrected chi connectivity index (χ4v) is 3.47. The molecular formula is C18H15NO2S2. The molecule has 1 fully saturated rings. The summed E-state index contributed by atoms with van der Waals surface area (Å²) in [6, 6.07) is 14.1. The number of methoxy groups -OCH3 is 1. The zero-order chi connectivity index (χ0) is 16.4. The van der Waals surface area contributed by atoms with E-state index in [2.05, 4.69) is 24.4 Å². The van der Waals surface area contributed by atoms with E-state index in [1.165, 1.54) is 17.3 Å². The van der Waals surface area contributed by atoms with Crippen LogP contribution in [0.4, 0.5) is 0 Å². The van der Waals surface area contributed by atoms with Crippen LogP contribution in [0.25, 0.3) is 17.2 Å². The van der Waals surface area contributed by atoms with Crippen molar-refractivity contribution >= 4 is 40.3 Å². The Hall–Kier alpha value is -2.11. The molecule has 2 aromatic rings. The van der Waals surface area contributed by atoms with Crippen molar-refractivity contribution in [3.8, 4) is 16.9 Å². The first-order valence-electron chi connectivity index (χ1n) is 7.07. The maximum absolute atomic E-state index is 11.8. The van der Waals surface area contributed by atoms with E-state index in [0.717, 1.165) is 22.4 Å². The quantitative estimate of drug-likeness (QED) is 0.672. The molecule has 116 valence electrons. The Morgan fingerprint density at radius 2 is 2.04 bits per heavy atom. The number of rotatable bonds is 3. The lowest BCUT2D eigenvalue weighted by Crippen LogP contribution is -2.17. The van der Waals surface area contributed by atoms with E-state index in [4.69, 9.17) is 17.0 Å². The van der Waals surface area contributed by atoms with Crippen LogP contribution in [-0.2, 0) is 4.79 Å². The Bertz CT molecular complexity index is 828. The molecule has 3 rings (SSSR count). The van der Waals surface area contributed by atoms with Gasteiger partial charge in [0, 0.05) is 5.56 Å². The molecule has 1 saturated heterocycles. The Kier molecular flexibility index (Phi) is 4.50. The number of thiocarbonyl (C=S) groups is 1. The highest BCUT2D eigenvalue weighted by Crippen LogP contribution is 2.33. The summed E-state index contributed by atoms with van der Waals surface area (Å²) in [4.78, 5) is 12.4. The number of ether oxygens (including phenoxy) is 1. The number of thioether (sulfide) groups is 1. The molecule has 0 bridgehead atoms. The minimum absolute atomic E-state index is 0.145. The lowest BCUT2D eigenvalue weighted by Gasteiger charge is -2.10. The Labute approximate surface area is 144 Å². The minimum atomic E-state index is -0.145. The van der Waals surface area contributed by atoms with Crippen molar-refractivity contribution in [1.29, 1.82) is 0 Å². The molecule has 1 aliphatic heterocycles. The third-order valence-corrected chi connectivity index (χ3v) is 4.66. The van der Waals surface area contributed by atoms with Crippen LogP contribution >= 0.6 is 24.0 Å². The molecule has 0 aromatic heterocycles. The molecular weight excluding hydrogens is 326 g/mol. The molecule has 2 aromatic carbocycles. The van der Waals surface area contributed by atoms with Crippen LogP contribution in [0.3, 0.4) is 0 Å². The predicted octanol–water partition coefficient (Wildman–Crippen LogP) is 4.16. The molecule has 1 amide bonds. The summed E-state index contributed by atoms with van der Waals surface area (Å²) in [5.41, 5.74) is 4.20. The van der Waals surface area contributed by atoms with E-state index in [1.54, 1.807) is 7.11 Å². The van der Waals surface area contributed by atoms with Gasteiger partial charge in [0.1, 0.15) is 10.1 Å². The molecule has 0 atom stereocenters. The molecule has 1 N–H and O–H groups in total. The number of benzene rings is 2. The smallest absolute Gasteiger partial charge is 0.263 e. The van der Waals surface area contributed by atoms with Crippen LogP contribution in [0.5, 0.6) is 5.75 Å². The zero-order valence-electron chi connectivity index (χ0n) is 12.8. The number of carbonyl (C=O) groups is 1. The molecule has 0 saturated carbocycles. The van der Waals surface area contributed by atoms with Gasteiger partial charge in [-0.1, -0.05) is 59.9 Å². The van der Waals surface area contributed by atoms with Crippen LogP contribution in [0, 0.1) is 6.92 Å². The first kappa shape index (κ1) is 15.8. The summed E-state index contributed by atoms with van der Waals surface area (Å²) in [7, 11) is 1.66. The highest BCUT2D eigenvalue weighted by molar-refractivity contribution is 8.26. The van der Waals surface area contributed by atoms with Gasteiger partial charge in [-0.3, -0.25) is 4.79 Å². The SMILES string of the molecule is COc1ccc(C=C2SC(=S)NC2=O)cc1-c1cccc(C)c1. The lowest BCUT2D eigenvalue weighted by atomic mass is 10.00. The summed E-state index contributed by atoms with van der Waals surface area (Å²) in [5, 5.41) is 2.63. The van der Waals surface area contributed by atoms with Crippen LogP contribution in [0.15, 0.2) is 47.4 Å². The first-order valence-corrected chi connectivity index (χ1v) is 8.29. The number of amides is 1. The number of carbonyl (C=O) groups excluding carboxylic acids is 1. The minimum Gasteiger partial charge on any atom is -0.496 e. The molecule has 0 unspecified atom stereocenters. The maximum atomic E-state index is 11.8. The summed E-state index contributed by atoms with van der Waals surface area (Å²) in [6.07, 6.45) is 1.85. The predicted molar refractivity (Wildman–Crippen MR) is 99.5 cm³/mol. The number of nitrogens with one attached hydrogen (secondary N) is 1. The van der Waals surface area contributed by atoms with Gasteiger partial charge in [0.15, 0.2) is 0 Å². The number of hydrogen-bond acceptors (Lipinski definition) is 4. The maximum Gasteiger partial charge on any atom is 0.263 e. The van der Waals surface area contributed by atoms with Crippen LogP contribution in [-0.4, -0.2) is 17.3 Å². The van der Waals surface area contributed by atoms with Gasteiger partial charge in [-0.25, -0.2) is 0 Å². The van der Waals surface area contributed by atoms with E-state index in [9.17, 15) is 4.79 Å². The van der Waals surface area contributed by atoms with Crippen molar-refractivity contribution in [2.75, 3.05) is 7.11 Å². The monoisotopic (exact) mass is 341 g/mol. The largest absolute Gasteiger partial charge is 0.496 e. The second-order valence-electron chi connectivity index (χ2n) is 5.18. The van der Waals surface area contributed by atoms with Crippen molar-refractivity contribution < 1.29 is 9.53 Å².